The van der Waals surface area contributed by atoms with Crippen molar-refractivity contribution in [3.05, 3.63) is 0 Å². The van der Waals surface area contributed by atoms with Gasteiger partial charge >= 0.3 is 0 Å². The summed E-state index contributed by atoms with van der Waals surface area (Å²) in [5, 5.41) is 9.93. The van der Waals surface area contributed by atoms with Crippen LogP contribution in [-0.2, 0) is 4.79 Å². The van der Waals surface area contributed by atoms with Gasteiger partial charge in [-0.2, -0.15) is 0 Å². The number of hydrogen-bond acceptors (Lipinski definition) is 3. The van der Waals surface area contributed by atoms with Crippen LogP contribution in [0.15, 0.2) is 0 Å². The number of rotatable bonds is 5. The summed E-state index contributed by atoms with van der Waals surface area (Å²) in [5.74, 6) is 0.785. The Kier molecular flexibility index (Phi) is 5.42. The topological polar surface area (TPSA) is 63.3 Å². The smallest absolute Gasteiger partial charge is 0.133 e. The summed E-state index contributed by atoms with van der Waals surface area (Å²) in [6.07, 6.45) is 5.43. The molecule has 3 N–H and O–H groups in total. The fourth-order valence-corrected chi connectivity index (χ4v) is 2.78. The van der Waals surface area contributed by atoms with Crippen molar-refractivity contribution >= 4 is 5.78 Å². The minimum absolute atomic E-state index is 0.144. The molecule has 4 unspecified atom stereocenters. The number of nitrogens with two attached hydrogens (primary N) is 1. The molecule has 1 aliphatic rings. The first kappa shape index (κ1) is 13.7. The predicted octanol–water partition coefficient (Wildman–Crippen LogP) is 1.87. The summed E-state index contributed by atoms with van der Waals surface area (Å²) < 4.78 is 0. The normalized spacial score (nSPS) is 29.8. The molecule has 0 aromatic carbocycles. The van der Waals surface area contributed by atoms with Crippen LogP contribution in [-0.4, -0.2) is 23.0 Å². The highest BCUT2D eigenvalue weighted by atomic mass is 16.3. The van der Waals surface area contributed by atoms with Crippen molar-refractivity contribution in [3.8, 4) is 0 Å². The minimum Gasteiger partial charge on any atom is -0.392 e. The Labute approximate surface area is 98.4 Å². The number of aliphatic hydroxyl groups excluding tert-OH is 1. The van der Waals surface area contributed by atoms with Gasteiger partial charge in [0, 0.05) is 12.0 Å². The van der Waals surface area contributed by atoms with Crippen LogP contribution < -0.4 is 5.73 Å². The van der Waals surface area contributed by atoms with Crippen molar-refractivity contribution < 1.29 is 9.90 Å². The van der Waals surface area contributed by atoms with E-state index in [4.69, 9.17) is 5.73 Å². The second-order valence-electron chi connectivity index (χ2n) is 5.14. The molecule has 16 heavy (non-hydrogen) atoms. The molecule has 0 bridgehead atoms. The van der Waals surface area contributed by atoms with Crippen LogP contribution in [0.25, 0.3) is 0 Å². The molecule has 94 valence electrons. The maximum Gasteiger partial charge on any atom is 0.133 e. The fraction of sp³-hybridized carbons (Fsp3) is 0.923. The van der Waals surface area contributed by atoms with Gasteiger partial charge in [0.05, 0.1) is 6.10 Å². The lowest BCUT2D eigenvalue weighted by atomic mass is 9.74. The van der Waals surface area contributed by atoms with E-state index in [0.29, 0.717) is 12.3 Å². The number of hydrogen-bond donors (Lipinski definition) is 2. The molecule has 1 fully saturated rings. The first-order valence-corrected chi connectivity index (χ1v) is 6.50. The van der Waals surface area contributed by atoms with E-state index in [-0.39, 0.29) is 17.7 Å². The molecule has 1 aliphatic carbocycles. The van der Waals surface area contributed by atoms with Crippen LogP contribution in [0.1, 0.15) is 52.4 Å². The summed E-state index contributed by atoms with van der Waals surface area (Å²) >= 11 is 0. The third-order valence-corrected chi connectivity index (χ3v) is 3.94. The maximum atomic E-state index is 11.5. The molecule has 0 amide bonds. The van der Waals surface area contributed by atoms with Crippen LogP contribution in [0.5, 0.6) is 0 Å². The van der Waals surface area contributed by atoms with Crippen LogP contribution in [0, 0.1) is 11.8 Å². The number of Topliss-reactive ketones (excluding diaryl/α,β-unsaturated/α-hetero) is 1. The number of aliphatic hydroxyl groups is 1. The standard InChI is InChI=1S/C13H25NO2/c1-3-12(14)13(16)8-10-6-4-5-7-11(10)9(2)15/h10-13,16H,3-8,14H2,1-2H3. The third kappa shape index (κ3) is 3.56. The van der Waals surface area contributed by atoms with Crippen molar-refractivity contribution in [2.45, 2.75) is 64.5 Å². The molecule has 3 nitrogen and oxygen atoms in total. The molecule has 0 spiro atoms. The molecule has 0 radical (unpaired) electrons. The molecule has 0 aromatic heterocycles. The summed E-state index contributed by atoms with van der Waals surface area (Å²) in [6.45, 7) is 3.66. The average molecular weight is 227 g/mol. The molecule has 1 saturated carbocycles. The number of carbonyl (C=O) groups is 1. The van der Waals surface area contributed by atoms with E-state index in [9.17, 15) is 9.90 Å². The lowest BCUT2D eigenvalue weighted by Gasteiger charge is -2.32. The minimum atomic E-state index is -0.449. The molecular weight excluding hydrogens is 202 g/mol. The highest BCUT2D eigenvalue weighted by Crippen LogP contribution is 2.34. The Morgan fingerprint density at radius 3 is 2.62 bits per heavy atom. The molecule has 4 atom stereocenters. The van der Waals surface area contributed by atoms with Crippen LogP contribution in [0.3, 0.4) is 0 Å². The van der Waals surface area contributed by atoms with Gasteiger partial charge in [-0.25, -0.2) is 0 Å². The summed E-state index contributed by atoms with van der Waals surface area (Å²) in [7, 11) is 0. The lowest BCUT2D eigenvalue weighted by Crippen LogP contribution is -2.38. The van der Waals surface area contributed by atoms with Gasteiger partial charge in [0.1, 0.15) is 5.78 Å². The van der Waals surface area contributed by atoms with E-state index < -0.39 is 6.10 Å². The summed E-state index contributed by atoms with van der Waals surface area (Å²) in [4.78, 5) is 11.5. The first-order chi connectivity index (χ1) is 7.56. The number of carbonyl (C=O) groups excluding carboxylic acids is 1. The average Bonchev–Trinajstić information content (AvgIpc) is 2.28. The largest absolute Gasteiger partial charge is 0.392 e. The van der Waals surface area contributed by atoms with Gasteiger partial charge in [0.2, 0.25) is 0 Å². The Balaban J connectivity index is 2.52. The van der Waals surface area contributed by atoms with Gasteiger partial charge in [-0.15, -0.1) is 0 Å². The maximum absolute atomic E-state index is 11.5. The molecular formula is C13H25NO2. The highest BCUT2D eigenvalue weighted by Gasteiger charge is 2.31. The first-order valence-electron chi connectivity index (χ1n) is 6.50. The zero-order valence-corrected chi connectivity index (χ0v) is 10.5. The van der Waals surface area contributed by atoms with E-state index in [1.165, 1.54) is 6.42 Å². The SMILES string of the molecule is CCC(N)C(O)CC1CCCCC1C(C)=O. The number of ketones is 1. The van der Waals surface area contributed by atoms with E-state index >= 15 is 0 Å². The second-order valence-corrected chi connectivity index (χ2v) is 5.14. The van der Waals surface area contributed by atoms with Crippen molar-refractivity contribution in [1.29, 1.82) is 0 Å². The van der Waals surface area contributed by atoms with E-state index in [0.717, 1.165) is 25.7 Å². The molecule has 3 heteroatoms. The van der Waals surface area contributed by atoms with Gasteiger partial charge in [0.15, 0.2) is 0 Å². The molecule has 0 heterocycles. The third-order valence-electron chi connectivity index (χ3n) is 3.94. The highest BCUT2D eigenvalue weighted by molar-refractivity contribution is 5.78. The summed E-state index contributed by atoms with van der Waals surface area (Å²) in [6, 6.07) is -0.144. The molecule has 1 rings (SSSR count). The molecule has 0 saturated heterocycles. The van der Waals surface area contributed by atoms with Crippen LogP contribution in [0.4, 0.5) is 0 Å². The van der Waals surface area contributed by atoms with Gasteiger partial charge in [0.25, 0.3) is 0 Å². The van der Waals surface area contributed by atoms with Gasteiger partial charge in [-0.05, 0) is 38.5 Å². The van der Waals surface area contributed by atoms with Crippen LogP contribution >= 0.6 is 0 Å². The van der Waals surface area contributed by atoms with E-state index in [1.807, 2.05) is 6.92 Å². The van der Waals surface area contributed by atoms with Crippen molar-refractivity contribution in [3.63, 3.8) is 0 Å². The van der Waals surface area contributed by atoms with E-state index in [1.54, 1.807) is 6.92 Å². The lowest BCUT2D eigenvalue weighted by molar-refractivity contribution is -0.123. The van der Waals surface area contributed by atoms with Gasteiger partial charge < -0.3 is 10.8 Å². The van der Waals surface area contributed by atoms with Crippen molar-refractivity contribution in [2.75, 3.05) is 0 Å². The Hall–Kier alpha value is -0.410. The van der Waals surface area contributed by atoms with Gasteiger partial charge in [-0.1, -0.05) is 19.8 Å². The Morgan fingerprint density at radius 2 is 2.06 bits per heavy atom. The predicted molar refractivity (Wildman–Crippen MR) is 65.0 cm³/mol. The Bertz CT molecular complexity index is 230. The van der Waals surface area contributed by atoms with Crippen molar-refractivity contribution in [1.82, 2.24) is 0 Å². The fourth-order valence-electron chi connectivity index (χ4n) is 2.78. The van der Waals surface area contributed by atoms with E-state index in [2.05, 4.69) is 0 Å². The zero-order chi connectivity index (χ0) is 12.1. The zero-order valence-electron chi connectivity index (χ0n) is 10.5. The summed E-state index contributed by atoms with van der Waals surface area (Å²) in [5.41, 5.74) is 5.82. The Morgan fingerprint density at radius 1 is 1.44 bits per heavy atom. The van der Waals surface area contributed by atoms with Gasteiger partial charge in [-0.3, -0.25) is 4.79 Å². The monoisotopic (exact) mass is 227 g/mol. The molecule has 0 aliphatic heterocycles. The molecule has 0 aromatic rings. The van der Waals surface area contributed by atoms with Crippen molar-refractivity contribution in [2.24, 2.45) is 17.6 Å². The van der Waals surface area contributed by atoms with Crippen LogP contribution in [0.2, 0.25) is 0 Å². The second kappa shape index (κ2) is 6.36. The quantitative estimate of drug-likeness (QED) is 0.753.